The van der Waals surface area contributed by atoms with Crippen LogP contribution in [-0.4, -0.2) is 64.1 Å². The van der Waals surface area contributed by atoms with Crippen LogP contribution in [0.15, 0.2) is 12.1 Å². The summed E-state index contributed by atoms with van der Waals surface area (Å²) in [6, 6.07) is 3.89. The lowest BCUT2D eigenvalue weighted by molar-refractivity contribution is -0.00941. The second kappa shape index (κ2) is 7.56. The maximum atomic E-state index is 13.2. The Balaban J connectivity index is 1.58. The average molecular weight is 419 g/mol. The van der Waals surface area contributed by atoms with Crippen molar-refractivity contribution in [3.63, 3.8) is 0 Å². The predicted molar refractivity (Wildman–Crippen MR) is 117 cm³/mol. The fraction of sp³-hybridized carbons (Fsp3) is 0.636. The van der Waals surface area contributed by atoms with Gasteiger partial charge in [-0.3, -0.25) is 4.79 Å². The number of halogens is 1. The zero-order valence-corrected chi connectivity index (χ0v) is 18.3. The summed E-state index contributed by atoms with van der Waals surface area (Å²) < 4.78 is 0. The third kappa shape index (κ3) is 4.03. The second-order valence-corrected chi connectivity index (χ2v) is 9.62. The van der Waals surface area contributed by atoms with Crippen molar-refractivity contribution in [2.24, 2.45) is 5.41 Å². The molecule has 2 aliphatic rings. The number of likely N-dealkylation sites (N-methyl/N-ethyl adjacent to an activating group) is 1. The van der Waals surface area contributed by atoms with Gasteiger partial charge in [0, 0.05) is 31.6 Å². The van der Waals surface area contributed by atoms with Crippen LogP contribution >= 0.6 is 11.6 Å². The van der Waals surface area contributed by atoms with Crippen molar-refractivity contribution in [3.8, 4) is 0 Å². The van der Waals surface area contributed by atoms with E-state index in [-0.39, 0.29) is 5.78 Å². The highest BCUT2D eigenvalue weighted by Gasteiger charge is 2.42. The van der Waals surface area contributed by atoms with Crippen LogP contribution < -0.4 is 4.90 Å². The number of anilines is 1. The van der Waals surface area contributed by atoms with Gasteiger partial charge in [-0.25, -0.2) is 4.98 Å². The smallest absolute Gasteiger partial charge is 0.203 e. The lowest BCUT2D eigenvalue weighted by atomic mass is 9.68. The SMILES string of the molecule is CCN1CCN(c2cc3[nH]c(C(=O)C4(C)CCC(C)(O)CC4)nc3cc2Cl)CC1. The molecule has 0 spiro atoms. The number of aromatic nitrogens is 2. The van der Waals surface area contributed by atoms with Gasteiger partial charge in [0.05, 0.1) is 27.3 Å². The Morgan fingerprint density at radius 1 is 1.17 bits per heavy atom. The van der Waals surface area contributed by atoms with Gasteiger partial charge < -0.3 is 19.9 Å². The number of aliphatic hydroxyl groups is 1. The molecule has 1 saturated heterocycles. The number of piperazine rings is 1. The van der Waals surface area contributed by atoms with Crippen molar-refractivity contribution in [3.05, 3.63) is 23.0 Å². The maximum Gasteiger partial charge on any atom is 0.203 e. The lowest BCUT2D eigenvalue weighted by Gasteiger charge is -2.38. The number of ketones is 1. The number of hydrogen-bond donors (Lipinski definition) is 2. The summed E-state index contributed by atoms with van der Waals surface area (Å²) in [6.45, 7) is 11.0. The summed E-state index contributed by atoms with van der Waals surface area (Å²) in [4.78, 5) is 25.8. The molecule has 0 bridgehead atoms. The number of carbonyl (C=O) groups is 1. The minimum atomic E-state index is -0.669. The average Bonchev–Trinajstić information content (AvgIpc) is 3.12. The van der Waals surface area contributed by atoms with Gasteiger partial charge in [0.1, 0.15) is 0 Å². The van der Waals surface area contributed by atoms with Crippen molar-refractivity contribution in [1.29, 1.82) is 0 Å². The molecule has 6 nitrogen and oxygen atoms in total. The van der Waals surface area contributed by atoms with Crippen molar-refractivity contribution >= 4 is 34.1 Å². The van der Waals surface area contributed by atoms with E-state index in [0.29, 0.717) is 36.5 Å². The summed E-state index contributed by atoms with van der Waals surface area (Å²) >= 11 is 6.58. The van der Waals surface area contributed by atoms with Crippen LogP contribution in [0.2, 0.25) is 5.02 Å². The van der Waals surface area contributed by atoms with E-state index < -0.39 is 11.0 Å². The number of Topliss-reactive ketones (excluding diaryl/α,β-unsaturated/α-hetero) is 1. The summed E-state index contributed by atoms with van der Waals surface area (Å²) in [7, 11) is 0. The number of carbonyl (C=O) groups excluding carboxylic acids is 1. The normalized spacial score (nSPS) is 28.8. The molecule has 7 heteroatoms. The van der Waals surface area contributed by atoms with E-state index in [1.807, 2.05) is 26.0 Å². The molecule has 2 N–H and O–H groups in total. The van der Waals surface area contributed by atoms with E-state index >= 15 is 0 Å². The van der Waals surface area contributed by atoms with Crippen LogP contribution in [0.3, 0.4) is 0 Å². The zero-order valence-electron chi connectivity index (χ0n) is 17.6. The highest BCUT2D eigenvalue weighted by molar-refractivity contribution is 6.34. The summed E-state index contributed by atoms with van der Waals surface area (Å²) in [5.74, 6) is 0.423. The Hall–Kier alpha value is -1.63. The first-order chi connectivity index (χ1) is 13.7. The molecule has 0 unspecified atom stereocenters. The topological polar surface area (TPSA) is 72.5 Å². The number of aromatic amines is 1. The second-order valence-electron chi connectivity index (χ2n) is 9.21. The van der Waals surface area contributed by atoms with Crippen LogP contribution in [0.25, 0.3) is 11.0 Å². The number of fused-ring (bicyclic) bond motifs is 1. The Morgan fingerprint density at radius 2 is 1.83 bits per heavy atom. The van der Waals surface area contributed by atoms with E-state index in [1.54, 1.807) is 0 Å². The fourth-order valence-electron chi connectivity index (χ4n) is 4.53. The Labute approximate surface area is 177 Å². The number of H-pyrrole nitrogens is 1. The molecular weight excluding hydrogens is 388 g/mol. The van der Waals surface area contributed by atoms with Gasteiger partial charge in [-0.1, -0.05) is 25.4 Å². The molecule has 29 heavy (non-hydrogen) atoms. The number of imidazole rings is 1. The quantitative estimate of drug-likeness (QED) is 0.737. The minimum Gasteiger partial charge on any atom is -0.390 e. The molecule has 1 saturated carbocycles. The third-order valence-corrected chi connectivity index (χ3v) is 7.21. The maximum absolute atomic E-state index is 13.2. The summed E-state index contributed by atoms with van der Waals surface area (Å²) in [5.41, 5.74) is 1.41. The predicted octanol–water partition coefficient (Wildman–Crippen LogP) is 3.87. The van der Waals surface area contributed by atoms with Crippen molar-refractivity contribution < 1.29 is 9.90 Å². The van der Waals surface area contributed by atoms with Crippen molar-refractivity contribution in [2.75, 3.05) is 37.6 Å². The summed E-state index contributed by atoms with van der Waals surface area (Å²) in [5, 5.41) is 10.9. The summed E-state index contributed by atoms with van der Waals surface area (Å²) in [6.07, 6.45) is 2.61. The molecule has 1 aromatic heterocycles. The van der Waals surface area contributed by atoms with Crippen LogP contribution in [-0.2, 0) is 0 Å². The van der Waals surface area contributed by atoms with E-state index in [1.165, 1.54) is 0 Å². The third-order valence-electron chi connectivity index (χ3n) is 6.90. The van der Waals surface area contributed by atoms with E-state index in [4.69, 9.17) is 11.6 Å². The molecular formula is C22H31ClN4O2. The van der Waals surface area contributed by atoms with Gasteiger partial charge >= 0.3 is 0 Å². The monoisotopic (exact) mass is 418 g/mol. The lowest BCUT2D eigenvalue weighted by Crippen LogP contribution is -2.46. The van der Waals surface area contributed by atoms with Crippen molar-refractivity contribution in [1.82, 2.24) is 14.9 Å². The van der Waals surface area contributed by atoms with Crippen LogP contribution in [0.4, 0.5) is 5.69 Å². The Bertz CT molecular complexity index is 905. The van der Waals surface area contributed by atoms with E-state index in [2.05, 4.69) is 26.7 Å². The zero-order chi connectivity index (χ0) is 20.8. The molecule has 0 radical (unpaired) electrons. The first-order valence-corrected chi connectivity index (χ1v) is 11.0. The first kappa shape index (κ1) is 20.6. The number of nitrogens with zero attached hydrogens (tertiary/aromatic N) is 3. The van der Waals surface area contributed by atoms with E-state index in [9.17, 15) is 9.90 Å². The van der Waals surface area contributed by atoms with Crippen LogP contribution in [0.5, 0.6) is 0 Å². The molecule has 158 valence electrons. The molecule has 0 atom stereocenters. The molecule has 2 heterocycles. The first-order valence-electron chi connectivity index (χ1n) is 10.6. The largest absolute Gasteiger partial charge is 0.390 e. The highest BCUT2D eigenvalue weighted by Crippen LogP contribution is 2.42. The van der Waals surface area contributed by atoms with Crippen molar-refractivity contribution in [2.45, 2.75) is 52.1 Å². The van der Waals surface area contributed by atoms with Gasteiger partial charge in [0.25, 0.3) is 0 Å². The van der Waals surface area contributed by atoms with Crippen LogP contribution in [0, 0.1) is 5.41 Å². The molecule has 0 amide bonds. The number of hydrogen-bond acceptors (Lipinski definition) is 5. The molecule has 1 aromatic carbocycles. The Morgan fingerprint density at radius 3 is 2.45 bits per heavy atom. The number of nitrogens with one attached hydrogen (secondary N) is 1. The standard InChI is InChI=1S/C22H31ClN4O2/c1-4-26-9-11-27(12-10-26)18-14-17-16(13-15(18)23)24-20(25-17)19(28)21(2)5-7-22(3,29)8-6-21/h13-14,29H,4-12H2,1-3H3,(H,24,25). The molecule has 2 aromatic rings. The number of benzene rings is 1. The van der Waals surface area contributed by atoms with Gasteiger partial charge in [0.15, 0.2) is 5.82 Å². The van der Waals surface area contributed by atoms with Gasteiger partial charge in [-0.15, -0.1) is 0 Å². The molecule has 1 aliphatic carbocycles. The van der Waals surface area contributed by atoms with Gasteiger partial charge in [0.2, 0.25) is 5.78 Å². The van der Waals surface area contributed by atoms with Crippen LogP contribution in [0.1, 0.15) is 57.1 Å². The number of rotatable bonds is 4. The minimum absolute atomic E-state index is 0.0263. The van der Waals surface area contributed by atoms with E-state index in [0.717, 1.165) is 49.4 Å². The molecule has 2 fully saturated rings. The molecule has 1 aliphatic heterocycles. The Kier molecular flexibility index (Phi) is 5.38. The highest BCUT2D eigenvalue weighted by atomic mass is 35.5. The molecule has 4 rings (SSSR count). The van der Waals surface area contributed by atoms with Gasteiger partial charge in [-0.05, 0) is 51.3 Å². The fourth-order valence-corrected chi connectivity index (χ4v) is 4.81. The van der Waals surface area contributed by atoms with Gasteiger partial charge in [-0.2, -0.15) is 0 Å².